The van der Waals surface area contributed by atoms with Gasteiger partial charge in [-0.15, -0.1) is 0 Å². The van der Waals surface area contributed by atoms with E-state index in [0.29, 0.717) is 0 Å². The van der Waals surface area contributed by atoms with Crippen LogP contribution in [-0.4, -0.2) is 28.6 Å². The zero-order valence-corrected chi connectivity index (χ0v) is 12.4. The Balaban J connectivity index is 3.39. The second-order valence-corrected chi connectivity index (χ2v) is 5.29. The van der Waals surface area contributed by atoms with E-state index in [9.17, 15) is 19.3 Å². The number of aliphatic carboxylic acids is 1. The average molecular weight is 382 g/mol. The van der Waals surface area contributed by atoms with Gasteiger partial charge in [-0.1, -0.05) is 0 Å². The number of carboxylic acid groups (broad SMARTS) is 1. The summed E-state index contributed by atoms with van der Waals surface area (Å²) in [6, 6.07) is 1.79. The van der Waals surface area contributed by atoms with Crippen LogP contribution in [0.15, 0.2) is 12.1 Å². The molecule has 0 saturated carbocycles. The fraction of sp³-hybridized carbons (Fsp3) is 0.364. The Morgan fingerprint density at radius 2 is 2.16 bits per heavy atom. The van der Waals surface area contributed by atoms with Crippen molar-refractivity contribution in [2.75, 3.05) is 11.4 Å². The summed E-state index contributed by atoms with van der Waals surface area (Å²) >= 11 is 1.65. The molecule has 1 aromatic rings. The van der Waals surface area contributed by atoms with Crippen LogP contribution in [0.4, 0.5) is 15.8 Å². The highest BCUT2D eigenvalue weighted by molar-refractivity contribution is 14.1. The Bertz CT molecular complexity index is 522. The molecule has 0 aromatic heterocycles. The van der Waals surface area contributed by atoms with Gasteiger partial charge in [0.05, 0.1) is 8.49 Å². The largest absolute Gasteiger partial charge is 0.480 e. The summed E-state index contributed by atoms with van der Waals surface area (Å²) in [4.78, 5) is 22.5. The molecule has 0 aliphatic carbocycles. The number of carboxylic acids is 1. The molecule has 1 N–H and O–H groups in total. The highest BCUT2D eigenvalue weighted by Crippen LogP contribution is 2.32. The van der Waals surface area contributed by atoms with E-state index in [1.807, 2.05) is 0 Å². The van der Waals surface area contributed by atoms with Crippen molar-refractivity contribution in [3.05, 3.63) is 31.6 Å². The second-order valence-electron chi connectivity index (χ2n) is 4.13. The lowest BCUT2D eigenvalue weighted by molar-refractivity contribution is -0.384. The van der Waals surface area contributed by atoms with Crippen LogP contribution in [0.2, 0.25) is 0 Å². The highest BCUT2D eigenvalue weighted by atomic mass is 127. The van der Waals surface area contributed by atoms with Crippen molar-refractivity contribution < 1.29 is 19.2 Å². The van der Waals surface area contributed by atoms with E-state index in [4.69, 9.17) is 5.11 Å². The summed E-state index contributed by atoms with van der Waals surface area (Å²) in [5.41, 5.74) is -0.332. The number of nitro benzene ring substituents is 1. The van der Waals surface area contributed by atoms with Gasteiger partial charge in [-0.25, -0.2) is 4.39 Å². The van der Waals surface area contributed by atoms with Gasteiger partial charge in [-0.2, -0.15) is 0 Å². The normalized spacial score (nSPS) is 10.6. The molecule has 6 nitrogen and oxygen atoms in total. The first kappa shape index (κ1) is 15.6. The van der Waals surface area contributed by atoms with Crippen molar-refractivity contribution in [2.24, 2.45) is 0 Å². The number of halogens is 2. The maximum absolute atomic E-state index is 13.6. The number of benzene rings is 1. The molecule has 0 saturated heterocycles. The fourth-order valence-electron chi connectivity index (χ4n) is 1.59. The lowest BCUT2D eigenvalue weighted by atomic mass is 10.2. The van der Waals surface area contributed by atoms with Gasteiger partial charge >= 0.3 is 5.97 Å². The van der Waals surface area contributed by atoms with Gasteiger partial charge in [0.15, 0.2) is 0 Å². The zero-order chi connectivity index (χ0) is 14.7. The quantitative estimate of drug-likeness (QED) is 0.481. The van der Waals surface area contributed by atoms with Gasteiger partial charge in [-0.05, 0) is 36.4 Å². The van der Waals surface area contributed by atoms with E-state index in [2.05, 4.69) is 0 Å². The zero-order valence-electron chi connectivity index (χ0n) is 10.3. The van der Waals surface area contributed by atoms with Gasteiger partial charge in [-0.3, -0.25) is 14.9 Å². The molecular weight excluding hydrogens is 370 g/mol. The molecule has 0 spiro atoms. The number of nitrogens with zero attached hydrogens (tertiary/aromatic N) is 2. The average Bonchev–Trinajstić information content (AvgIpc) is 2.28. The van der Waals surface area contributed by atoms with E-state index in [1.165, 1.54) is 4.90 Å². The van der Waals surface area contributed by atoms with Crippen molar-refractivity contribution in [3.63, 3.8) is 0 Å². The highest BCUT2D eigenvalue weighted by Gasteiger charge is 2.25. The Kier molecular flexibility index (Phi) is 5.04. The van der Waals surface area contributed by atoms with Crippen molar-refractivity contribution in [1.29, 1.82) is 0 Å². The molecule has 0 heterocycles. The molecule has 19 heavy (non-hydrogen) atoms. The van der Waals surface area contributed by atoms with E-state index in [0.717, 1.165) is 12.1 Å². The van der Waals surface area contributed by atoms with Gasteiger partial charge in [0.25, 0.3) is 5.69 Å². The number of hydrogen-bond acceptors (Lipinski definition) is 4. The lowest BCUT2D eigenvalue weighted by Gasteiger charge is -2.26. The molecule has 0 aliphatic heterocycles. The molecule has 0 unspecified atom stereocenters. The van der Waals surface area contributed by atoms with E-state index in [-0.39, 0.29) is 21.0 Å². The van der Waals surface area contributed by atoms with Crippen LogP contribution in [-0.2, 0) is 4.79 Å². The number of nitro groups is 1. The van der Waals surface area contributed by atoms with Crippen LogP contribution in [0.3, 0.4) is 0 Å². The van der Waals surface area contributed by atoms with Gasteiger partial charge < -0.3 is 10.0 Å². The Hall–Kier alpha value is -1.45. The van der Waals surface area contributed by atoms with E-state index >= 15 is 0 Å². The SMILES string of the molecule is CC(C)N(CC(=O)O)c1cc(F)c(I)cc1[N+](=O)[O-]. The smallest absolute Gasteiger partial charge is 0.323 e. The third-order valence-electron chi connectivity index (χ3n) is 2.45. The Morgan fingerprint density at radius 1 is 1.58 bits per heavy atom. The van der Waals surface area contributed by atoms with Crippen LogP contribution in [0.5, 0.6) is 0 Å². The predicted octanol–water partition coefficient (Wildman–Crippen LogP) is 2.64. The third-order valence-corrected chi connectivity index (χ3v) is 3.28. The molecule has 0 radical (unpaired) electrons. The first-order valence-corrected chi connectivity index (χ1v) is 6.43. The van der Waals surface area contributed by atoms with Crippen molar-refractivity contribution >= 4 is 39.9 Å². The van der Waals surface area contributed by atoms with E-state index < -0.39 is 23.3 Å². The van der Waals surface area contributed by atoms with Crippen LogP contribution in [0, 0.1) is 19.5 Å². The van der Waals surface area contributed by atoms with Crippen molar-refractivity contribution in [3.8, 4) is 0 Å². The topological polar surface area (TPSA) is 83.7 Å². The molecule has 0 bridgehead atoms. The molecule has 1 aromatic carbocycles. The predicted molar refractivity (Wildman–Crippen MR) is 75.9 cm³/mol. The third kappa shape index (κ3) is 3.75. The Morgan fingerprint density at radius 3 is 2.58 bits per heavy atom. The molecule has 0 amide bonds. The molecular formula is C11H12FIN2O4. The van der Waals surface area contributed by atoms with Gasteiger partial charge in [0.2, 0.25) is 0 Å². The minimum atomic E-state index is -1.14. The van der Waals surface area contributed by atoms with Crippen LogP contribution >= 0.6 is 22.6 Å². The van der Waals surface area contributed by atoms with E-state index in [1.54, 1.807) is 36.4 Å². The maximum Gasteiger partial charge on any atom is 0.323 e. The summed E-state index contributed by atoms with van der Waals surface area (Å²) < 4.78 is 13.7. The number of rotatable bonds is 5. The molecule has 0 atom stereocenters. The molecule has 0 aliphatic rings. The standard InChI is InChI=1S/C11H12FIN2O4/c1-6(2)14(5-11(16)17)9-3-7(12)8(13)4-10(9)15(18)19/h3-4,6H,5H2,1-2H3,(H,16,17). The number of carbonyl (C=O) groups is 1. The van der Waals surface area contributed by atoms with Crippen molar-refractivity contribution in [1.82, 2.24) is 0 Å². The van der Waals surface area contributed by atoms with Gasteiger partial charge in [0, 0.05) is 18.2 Å². The Labute approximate surface area is 122 Å². The molecule has 1 rings (SSSR count). The van der Waals surface area contributed by atoms with Crippen LogP contribution in [0.25, 0.3) is 0 Å². The number of anilines is 1. The van der Waals surface area contributed by atoms with Crippen LogP contribution < -0.4 is 4.90 Å². The van der Waals surface area contributed by atoms with Gasteiger partial charge in [0.1, 0.15) is 18.0 Å². The number of hydrogen-bond donors (Lipinski definition) is 1. The fourth-order valence-corrected chi connectivity index (χ4v) is 2.04. The summed E-state index contributed by atoms with van der Waals surface area (Å²) in [5, 5.41) is 19.8. The monoisotopic (exact) mass is 382 g/mol. The molecule has 8 heteroatoms. The molecule has 104 valence electrons. The maximum atomic E-state index is 13.6. The summed E-state index contributed by atoms with van der Waals surface area (Å²) in [6.07, 6.45) is 0. The minimum Gasteiger partial charge on any atom is -0.480 e. The lowest BCUT2D eigenvalue weighted by Crippen LogP contribution is -2.36. The van der Waals surface area contributed by atoms with Crippen LogP contribution in [0.1, 0.15) is 13.8 Å². The minimum absolute atomic E-state index is 0.0275. The summed E-state index contributed by atoms with van der Waals surface area (Å²) in [5.74, 6) is -1.75. The molecule has 0 fully saturated rings. The summed E-state index contributed by atoms with van der Waals surface area (Å²) in [6.45, 7) is 2.93. The first-order valence-electron chi connectivity index (χ1n) is 5.36. The second kappa shape index (κ2) is 6.13. The summed E-state index contributed by atoms with van der Waals surface area (Å²) in [7, 11) is 0. The van der Waals surface area contributed by atoms with Crippen molar-refractivity contribution in [2.45, 2.75) is 19.9 Å². The first-order chi connectivity index (χ1) is 8.73.